The van der Waals surface area contributed by atoms with Gasteiger partial charge < -0.3 is 66.4 Å². The first-order valence-corrected chi connectivity index (χ1v) is 10.4. The molecule has 0 aromatic carbocycles. The van der Waals surface area contributed by atoms with Gasteiger partial charge in [-0.25, -0.2) is 0 Å². The third-order valence-corrected chi connectivity index (χ3v) is 6.25. The summed E-state index contributed by atoms with van der Waals surface area (Å²) < 4.78 is 13.4. The highest BCUT2D eigenvalue weighted by molar-refractivity contribution is 4.52. The van der Waals surface area contributed by atoms with Crippen LogP contribution >= 0.6 is 0 Å². The molecule has 0 aliphatic carbocycles. The molecular formula is C20H42I2N2O2. The van der Waals surface area contributed by atoms with Crippen molar-refractivity contribution in [3.63, 3.8) is 0 Å². The molecule has 2 rings (SSSR count). The second kappa shape index (κ2) is 15.2. The van der Waals surface area contributed by atoms with Gasteiger partial charge in [0.15, 0.2) is 0 Å². The Morgan fingerprint density at radius 3 is 1.08 bits per heavy atom. The Morgan fingerprint density at radius 2 is 0.769 bits per heavy atom. The van der Waals surface area contributed by atoms with Gasteiger partial charge in [0.2, 0.25) is 0 Å². The minimum absolute atomic E-state index is 0. The van der Waals surface area contributed by atoms with Gasteiger partial charge in [0.1, 0.15) is 26.2 Å². The van der Waals surface area contributed by atoms with E-state index in [1.165, 1.54) is 99.6 Å². The lowest BCUT2D eigenvalue weighted by Crippen LogP contribution is -3.00. The molecule has 2 aliphatic heterocycles. The first-order valence-electron chi connectivity index (χ1n) is 10.4. The highest BCUT2D eigenvalue weighted by Gasteiger charge is 2.25. The van der Waals surface area contributed by atoms with E-state index in [1.807, 2.05) is 0 Å². The molecule has 0 aromatic rings. The molecule has 0 amide bonds. The molecule has 26 heavy (non-hydrogen) atoms. The lowest BCUT2D eigenvalue weighted by Gasteiger charge is -2.37. The number of nitrogens with zero attached hydrogens (tertiary/aromatic N) is 2. The van der Waals surface area contributed by atoms with Crippen molar-refractivity contribution in [3.8, 4) is 0 Å². The van der Waals surface area contributed by atoms with E-state index in [4.69, 9.17) is 9.47 Å². The van der Waals surface area contributed by atoms with Crippen molar-refractivity contribution in [3.05, 3.63) is 0 Å². The number of morpholine rings is 2. The van der Waals surface area contributed by atoms with Gasteiger partial charge >= 0.3 is 0 Å². The van der Waals surface area contributed by atoms with Gasteiger partial charge in [0.05, 0.1) is 53.6 Å². The number of rotatable bonds is 11. The Bertz CT molecular complexity index is 302. The van der Waals surface area contributed by atoms with Gasteiger partial charge in [-0.3, -0.25) is 0 Å². The van der Waals surface area contributed by atoms with Gasteiger partial charge in [0, 0.05) is 0 Å². The van der Waals surface area contributed by atoms with Crippen LogP contribution in [-0.2, 0) is 9.47 Å². The van der Waals surface area contributed by atoms with Crippen LogP contribution in [0.4, 0.5) is 0 Å². The number of hydrogen-bond acceptors (Lipinski definition) is 2. The molecule has 0 spiro atoms. The first kappa shape index (κ1) is 27.3. The van der Waals surface area contributed by atoms with Gasteiger partial charge in [-0.2, -0.15) is 0 Å². The average molecular weight is 596 g/mol. The Kier molecular flexibility index (Phi) is 15.9. The molecule has 0 atom stereocenters. The molecular weight excluding hydrogens is 554 g/mol. The highest BCUT2D eigenvalue weighted by Crippen LogP contribution is 2.14. The second-order valence-corrected chi connectivity index (χ2v) is 8.63. The summed E-state index contributed by atoms with van der Waals surface area (Å²) in [6.07, 6.45) is 11.4. The van der Waals surface area contributed by atoms with Crippen LogP contribution in [-0.4, -0.2) is 88.8 Å². The molecule has 0 N–H and O–H groups in total. The van der Waals surface area contributed by atoms with Crippen LogP contribution in [0.3, 0.4) is 0 Å². The van der Waals surface area contributed by atoms with Crippen molar-refractivity contribution in [1.82, 2.24) is 0 Å². The summed E-state index contributed by atoms with van der Waals surface area (Å²) in [7, 11) is 4.81. The summed E-state index contributed by atoms with van der Waals surface area (Å²) in [5.74, 6) is 0. The van der Waals surface area contributed by atoms with E-state index >= 15 is 0 Å². The zero-order valence-electron chi connectivity index (χ0n) is 17.2. The number of unbranched alkanes of at least 4 members (excludes halogenated alkanes) is 7. The molecule has 0 bridgehead atoms. The maximum atomic E-state index is 5.48. The standard InChI is InChI=1S/C20H42N2O2.2HI/c1-21(13-17-23-18-14-21)11-9-7-5-3-4-6-8-10-12-22(2)15-19-24-20-16-22;;/h3-20H2,1-2H3;2*1H/q+2;;/p-2. The molecule has 2 saturated heterocycles. The van der Waals surface area contributed by atoms with E-state index < -0.39 is 0 Å². The van der Waals surface area contributed by atoms with Gasteiger partial charge in [-0.05, 0) is 25.7 Å². The third-order valence-electron chi connectivity index (χ3n) is 6.25. The molecule has 0 unspecified atom stereocenters. The van der Waals surface area contributed by atoms with Crippen molar-refractivity contribution in [2.45, 2.75) is 51.4 Å². The summed E-state index contributed by atoms with van der Waals surface area (Å²) in [6, 6.07) is 0. The third kappa shape index (κ3) is 11.3. The zero-order chi connectivity index (χ0) is 17.1. The Balaban J connectivity index is 0.00000312. The smallest absolute Gasteiger partial charge is 0.102 e. The fraction of sp³-hybridized carbons (Fsp3) is 1.00. The monoisotopic (exact) mass is 596 g/mol. The number of ether oxygens (including phenoxy) is 2. The van der Waals surface area contributed by atoms with E-state index in [0.29, 0.717) is 0 Å². The van der Waals surface area contributed by atoms with Crippen molar-refractivity contribution >= 4 is 0 Å². The van der Waals surface area contributed by atoms with Crippen molar-refractivity contribution in [2.75, 3.05) is 79.8 Å². The van der Waals surface area contributed by atoms with Crippen LogP contribution in [0.15, 0.2) is 0 Å². The normalized spacial score (nSPS) is 21.5. The lowest BCUT2D eigenvalue weighted by atomic mass is 10.1. The van der Waals surface area contributed by atoms with E-state index in [-0.39, 0.29) is 48.0 Å². The second-order valence-electron chi connectivity index (χ2n) is 8.63. The number of halogens is 2. The number of quaternary nitrogens is 2. The quantitative estimate of drug-likeness (QED) is 0.145. The summed E-state index contributed by atoms with van der Waals surface area (Å²) in [5.41, 5.74) is 0. The average Bonchev–Trinajstić information content (AvgIpc) is 2.58. The van der Waals surface area contributed by atoms with Gasteiger partial charge in [-0.15, -0.1) is 0 Å². The van der Waals surface area contributed by atoms with Crippen LogP contribution in [0, 0.1) is 0 Å². The molecule has 6 heteroatoms. The highest BCUT2D eigenvalue weighted by atomic mass is 127. The minimum Gasteiger partial charge on any atom is -1.00 e. The molecule has 2 aliphatic rings. The first-order chi connectivity index (χ1) is 11.6. The summed E-state index contributed by atoms with van der Waals surface area (Å²) in [6.45, 7) is 11.4. The predicted octanol–water partition coefficient (Wildman–Crippen LogP) is -2.93. The van der Waals surface area contributed by atoms with Crippen LogP contribution in [0.2, 0.25) is 0 Å². The Morgan fingerprint density at radius 1 is 0.500 bits per heavy atom. The molecule has 4 nitrogen and oxygen atoms in total. The van der Waals surface area contributed by atoms with Crippen LogP contribution in [0.5, 0.6) is 0 Å². The topological polar surface area (TPSA) is 18.5 Å². The van der Waals surface area contributed by atoms with Crippen LogP contribution < -0.4 is 48.0 Å². The lowest BCUT2D eigenvalue weighted by molar-refractivity contribution is -0.917. The number of likely N-dealkylation sites (N-methyl/N-ethyl adjacent to an activating group) is 2. The van der Waals surface area contributed by atoms with Gasteiger partial charge in [-0.1, -0.05) is 25.7 Å². The molecule has 2 fully saturated rings. The molecule has 0 radical (unpaired) electrons. The fourth-order valence-corrected chi connectivity index (χ4v) is 4.06. The van der Waals surface area contributed by atoms with E-state index in [2.05, 4.69) is 14.1 Å². The van der Waals surface area contributed by atoms with Gasteiger partial charge in [0.25, 0.3) is 0 Å². The Hall–Kier alpha value is 1.30. The predicted molar refractivity (Wildman–Crippen MR) is 100 cm³/mol. The van der Waals surface area contributed by atoms with E-state index in [1.54, 1.807) is 0 Å². The van der Waals surface area contributed by atoms with Crippen LogP contribution in [0.1, 0.15) is 51.4 Å². The summed E-state index contributed by atoms with van der Waals surface area (Å²) in [5, 5.41) is 0. The maximum Gasteiger partial charge on any atom is 0.102 e. The van der Waals surface area contributed by atoms with E-state index in [0.717, 1.165) is 26.4 Å². The SMILES string of the molecule is C[N+]1(CCCCCCCCCC[N+]2(C)CCOCC2)CCOCC1.[I-].[I-]. The Labute approximate surface area is 196 Å². The fourth-order valence-electron chi connectivity index (χ4n) is 4.06. The minimum atomic E-state index is 0. The van der Waals surface area contributed by atoms with E-state index in [9.17, 15) is 0 Å². The summed E-state index contributed by atoms with van der Waals surface area (Å²) in [4.78, 5) is 0. The molecule has 158 valence electrons. The maximum absolute atomic E-state index is 5.48. The molecule has 2 heterocycles. The molecule has 0 saturated carbocycles. The van der Waals surface area contributed by atoms with Crippen molar-refractivity contribution < 1.29 is 66.4 Å². The molecule has 0 aromatic heterocycles. The zero-order valence-corrected chi connectivity index (χ0v) is 21.5. The van der Waals surface area contributed by atoms with Crippen molar-refractivity contribution in [2.24, 2.45) is 0 Å². The number of hydrogen-bond donors (Lipinski definition) is 0. The van der Waals surface area contributed by atoms with Crippen LogP contribution in [0.25, 0.3) is 0 Å². The summed E-state index contributed by atoms with van der Waals surface area (Å²) >= 11 is 0. The largest absolute Gasteiger partial charge is 1.00 e. The van der Waals surface area contributed by atoms with Crippen molar-refractivity contribution in [1.29, 1.82) is 0 Å².